The minimum atomic E-state index is 0.476. The normalized spacial score (nSPS) is 15.6. The van der Waals surface area contributed by atoms with Gasteiger partial charge < -0.3 is 20.4 Å². The van der Waals surface area contributed by atoms with Crippen molar-refractivity contribution < 1.29 is 0 Å². The van der Waals surface area contributed by atoms with Crippen molar-refractivity contribution in [1.29, 1.82) is 0 Å². The molecule has 8 heteroatoms. The third-order valence-corrected chi connectivity index (χ3v) is 7.03. The first-order chi connectivity index (χ1) is 16.7. The Labute approximate surface area is 211 Å². The molecule has 3 heterocycles. The number of hydrogen-bond donors (Lipinski definition) is 2. The van der Waals surface area contributed by atoms with Crippen LogP contribution < -0.4 is 20.4 Å². The van der Waals surface area contributed by atoms with Crippen molar-refractivity contribution in [3.05, 3.63) is 76.3 Å². The topological polar surface area (TPSA) is 56.3 Å². The third-order valence-electron chi connectivity index (χ3n) is 6.42. The first-order valence-corrected chi connectivity index (χ1v) is 12.7. The molecule has 0 spiro atoms. The zero-order valence-corrected chi connectivity index (χ0v) is 20.7. The van der Waals surface area contributed by atoms with Gasteiger partial charge in [0.1, 0.15) is 11.6 Å². The Bertz CT molecular complexity index is 1140. The van der Waals surface area contributed by atoms with Crippen LogP contribution in [0.2, 0.25) is 5.02 Å². The Kier molecular flexibility index (Phi) is 7.11. The molecule has 0 radical (unpaired) electrons. The van der Waals surface area contributed by atoms with Gasteiger partial charge in [0, 0.05) is 43.8 Å². The van der Waals surface area contributed by atoms with Crippen LogP contribution in [-0.2, 0) is 19.6 Å². The summed E-state index contributed by atoms with van der Waals surface area (Å²) in [5.74, 6) is 2.39. The minimum Gasteiger partial charge on any atom is -0.358 e. The standard InChI is InChI=1S/C26H29ClN6S/c27-22-12-6-5-9-19(22)16-28-26(34)31-25-29-23(32-13-7-1-2-8-14-32)15-24(30-25)33-17-20-10-3-4-11-21(20)18-33/h3-6,9-12,15H,1-2,7-8,13-14,16-18H2,(H2,28,29,30,31,34). The summed E-state index contributed by atoms with van der Waals surface area (Å²) in [6, 6.07) is 18.5. The van der Waals surface area contributed by atoms with Crippen molar-refractivity contribution in [1.82, 2.24) is 15.3 Å². The quantitative estimate of drug-likeness (QED) is 0.455. The van der Waals surface area contributed by atoms with E-state index in [1.165, 1.54) is 36.8 Å². The van der Waals surface area contributed by atoms with E-state index in [9.17, 15) is 0 Å². The van der Waals surface area contributed by atoms with Crippen LogP contribution in [0.25, 0.3) is 0 Å². The molecule has 176 valence electrons. The van der Waals surface area contributed by atoms with E-state index in [-0.39, 0.29) is 0 Å². The van der Waals surface area contributed by atoms with Gasteiger partial charge in [-0.3, -0.25) is 0 Å². The average molecular weight is 493 g/mol. The molecule has 2 aliphatic heterocycles. The van der Waals surface area contributed by atoms with Crippen molar-refractivity contribution in [2.45, 2.75) is 45.3 Å². The Hall–Kier alpha value is -2.90. The summed E-state index contributed by atoms with van der Waals surface area (Å²) in [4.78, 5) is 14.4. The van der Waals surface area contributed by atoms with Crippen LogP contribution in [0.5, 0.6) is 0 Å². The number of fused-ring (bicyclic) bond motifs is 1. The fourth-order valence-electron chi connectivity index (χ4n) is 4.56. The lowest BCUT2D eigenvalue weighted by Gasteiger charge is -2.25. The smallest absolute Gasteiger partial charge is 0.232 e. The number of hydrogen-bond acceptors (Lipinski definition) is 5. The summed E-state index contributed by atoms with van der Waals surface area (Å²) < 4.78 is 0. The molecule has 2 aromatic carbocycles. The summed E-state index contributed by atoms with van der Waals surface area (Å²) in [6.07, 6.45) is 4.93. The van der Waals surface area contributed by atoms with Crippen LogP contribution in [-0.4, -0.2) is 28.2 Å². The van der Waals surface area contributed by atoms with Crippen LogP contribution in [0, 0.1) is 0 Å². The second kappa shape index (κ2) is 10.6. The third kappa shape index (κ3) is 5.42. The van der Waals surface area contributed by atoms with E-state index in [4.69, 9.17) is 33.8 Å². The lowest BCUT2D eigenvalue weighted by molar-refractivity contribution is 0.726. The predicted octanol–water partition coefficient (Wildman–Crippen LogP) is 5.52. The molecule has 2 aliphatic rings. The van der Waals surface area contributed by atoms with Crippen molar-refractivity contribution in [3.63, 3.8) is 0 Å². The minimum absolute atomic E-state index is 0.476. The summed E-state index contributed by atoms with van der Waals surface area (Å²) in [6.45, 7) is 4.27. The molecule has 1 saturated heterocycles. The molecule has 1 fully saturated rings. The molecule has 0 atom stereocenters. The average Bonchev–Trinajstić information content (AvgIpc) is 3.10. The largest absolute Gasteiger partial charge is 0.358 e. The van der Waals surface area contributed by atoms with Gasteiger partial charge in [0.2, 0.25) is 5.95 Å². The molecule has 0 aliphatic carbocycles. The van der Waals surface area contributed by atoms with Gasteiger partial charge in [-0.05, 0) is 47.8 Å². The molecular weight excluding hydrogens is 464 g/mol. The monoisotopic (exact) mass is 492 g/mol. The molecule has 0 unspecified atom stereocenters. The second-order valence-corrected chi connectivity index (χ2v) is 9.65. The van der Waals surface area contributed by atoms with E-state index in [0.717, 1.165) is 43.4 Å². The Morgan fingerprint density at radius 2 is 1.47 bits per heavy atom. The molecule has 1 aromatic heterocycles. The van der Waals surface area contributed by atoms with E-state index >= 15 is 0 Å². The van der Waals surface area contributed by atoms with Crippen LogP contribution in [0.1, 0.15) is 42.4 Å². The lowest BCUT2D eigenvalue weighted by atomic mass is 10.1. The summed E-state index contributed by atoms with van der Waals surface area (Å²) in [7, 11) is 0. The summed E-state index contributed by atoms with van der Waals surface area (Å²) in [5, 5.41) is 7.63. The highest BCUT2D eigenvalue weighted by molar-refractivity contribution is 7.80. The first-order valence-electron chi connectivity index (χ1n) is 11.9. The second-order valence-electron chi connectivity index (χ2n) is 8.83. The highest BCUT2D eigenvalue weighted by Crippen LogP contribution is 2.30. The molecule has 3 aromatic rings. The SMILES string of the molecule is S=C(NCc1ccccc1Cl)Nc1nc(N2CCCCCC2)cc(N2Cc3ccccc3C2)n1. The van der Waals surface area contributed by atoms with E-state index in [1.807, 2.05) is 24.3 Å². The zero-order chi connectivity index (χ0) is 23.3. The van der Waals surface area contributed by atoms with Gasteiger partial charge >= 0.3 is 0 Å². The zero-order valence-electron chi connectivity index (χ0n) is 19.1. The number of rotatable bonds is 5. The van der Waals surface area contributed by atoms with Crippen molar-refractivity contribution in [3.8, 4) is 0 Å². The highest BCUT2D eigenvalue weighted by atomic mass is 35.5. The van der Waals surface area contributed by atoms with Gasteiger partial charge in [-0.1, -0.05) is 66.9 Å². The number of aromatic nitrogens is 2. The maximum Gasteiger partial charge on any atom is 0.232 e. The summed E-state index contributed by atoms with van der Waals surface area (Å²) in [5.41, 5.74) is 3.69. The van der Waals surface area contributed by atoms with Crippen molar-refractivity contribution >= 4 is 46.5 Å². The number of nitrogens with zero attached hydrogens (tertiary/aromatic N) is 4. The van der Waals surface area contributed by atoms with Gasteiger partial charge in [0.05, 0.1) is 0 Å². The van der Waals surface area contributed by atoms with E-state index < -0.39 is 0 Å². The molecule has 34 heavy (non-hydrogen) atoms. The van der Waals surface area contributed by atoms with Crippen molar-refractivity contribution in [2.75, 3.05) is 28.2 Å². The molecule has 2 N–H and O–H groups in total. The van der Waals surface area contributed by atoms with Gasteiger partial charge in [0.25, 0.3) is 0 Å². The molecule has 0 saturated carbocycles. The fourth-order valence-corrected chi connectivity index (χ4v) is 4.93. The molecule has 5 rings (SSSR count). The molecule has 6 nitrogen and oxygen atoms in total. The van der Waals surface area contributed by atoms with E-state index in [1.54, 1.807) is 0 Å². The van der Waals surface area contributed by atoms with E-state index in [2.05, 4.69) is 50.8 Å². The Morgan fingerprint density at radius 1 is 0.853 bits per heavy atom. The lowest BCUT2D eigenvalue weighted by Crippen LogP contribution is -2.30. The maximum atomic E-state index is 6.28. The summed E-state index contributed by atoms with van der Waals surface area (Å²) >= 11 is 11.8. The Morgan fingerprint density at radius 3 is 2.15 bits per heavy atom. The maximum absolute atomic E-state index is 6.28. The number of nitrogens with one attached hydrogen (secondary N) is 2. The fraction of sp³-hybridized carbons (Fsp3) is 0.346. The Balaban J connectivity index is 1.36. The predicted molar refractivity (Wildman–Crippen MR) is 144 cm³/mol. The number of halogens is 1. The van der Waals surface area contributed by atoms with Crippen LogP contribution in [0.4, 0.5) is 17.6 Å². The van der Waals surface area contributed by atoms with Crippen LogP contribution in [0.3, 0.4) is 0 Å². The van der Waals surface area contributed by atoms with Gasteiger partial charge in [-0.15, -0.1) is 0 Å². The molecular formula is C26H29ClN6S. The van der Waals surface area contributed by atoms with Gasteiger partial charge in [-0.2, -0.15) is 9.97 Å². The van der Waals surface area contributed by atoms with Gasteiger partial charge in [0.15, 0.2) is 5.11 Å². The number of benzene rings is 2. The van der Waals surface area contributed by atoms with Crippen LogP contribution in [0.15, 0.2) is 54.6 Å². The number of anilines is 3. The van der Waals surface area contributed by atoms with E-state index in [0.29, 0.717) is 22.6 Å². The van der Waals surface area contributed by atoms with Crippen molar-refractivity contribution in [2.24, 2.45) is 0 Å². The molecule has 0 bridgehead atoms. The number of thiocarbonyl (C=S) groups is 1. The van der Waals surface area contributed by atoms with Crippen LogP contribution >= 0.6 is 23.8 Å². The highest BCUT2D eigenvalue weighted by Gasteiger charge is 2.22. The van der Waals surface area contributed by atoms with Gasteiger partial charge in [-0.25, -0.2) is 0 Å². The molecule has 0 amide bonds. The first kappa shape index (κ1) is 22.9.